The standard InChI is InChI=1S/C25H21ClF3N5O/c26-15-6-9-18(20(12-15)25(27,28)29)23-32-21-5-3-4-19(22(21)33-23)24(35)31-16-7-8-17(30-13-16)14-34-10-1-2-11-34/h3-9,12-13H,1-2,10-11,14H2,(H,31,35)(H,32,33). The molecule has 0 unspecified atom stereocenters. The number of likely N-dealkylation sites (tertiary alicyclic amines) is 1. The number of aromatic nitrogens is 3. The highest BCUT2D eigenvalue weighted by molar-refractivity contribution is 6.30. The Morgan fingerprint density at radius 2 is 1.91 bits per heavy atom. The van der Waals surface area contributed by atoms with E-state index in [-0.39, 0.29) is 27.5 Å². The van der Waals surface area contributed by atoms with Gasteiger partial charge in [-0.05, 0) is 68.4 Å². The zero-order valence-electron chi connectivity index (χ0n) is 18.5. The molecule has 5 rings (SSSR count). The number of nitrogens with zero attached hydrogens (tertiary/aromatic N) is 3. The van der Waals surface area contributed by atoms with Crippen molar-refractivity contribution in [3.8, 4) is 11.4 Å². The summed E-state index contributed by atoms with van der Waals surface area (Å²) in [6.07, 6.45) is -0.621. The van der Waals surface area contributed by atoms with E-state index in [9.17, 15) is 18.0 Å². The Kier molecular flexibility index (Phi) is 6.21. The van der Waals surface area contributed by atoms with E-state index >= 15 is 0 Å². The summed E-state index contributed by atoms with van der Waals surface area (Å²) in [6, 6.07) is 12.0. The number of amides is 1. The molecule has 2 aromatic heterocycles. The number of halogens is 4. The smallest absolute Gasteiger partial charge is 0.338 e. The monoisotopic (exact) mass is 499 g/mol. The van der Waals surface area contributed by atoms with E-state index in [1.165, 1.54) is 25.0 Å². The molecule has 2 aromatic carbocycles. The van der Waals surface area contributed by atoms with Crippen molar-refractivity contribution in [3.05, 3.63) is 76.6 Å². The van der Waals surface area contributed by atoms with E-state index in [0.717, 1.165) is 31.4 Å². The first kappa shape index (κ1) is 23.3. The van der Waals surface area contributed by atoms with Gasteiger partial charge in [0.15, 0.2) is 0 Å². The van der Waals surface area contributed by atoms with Crippen LogP contribution in [0.25, 0.3) is 22.4 Å². The Hall–Kier alpha value is -3.43. The lowest BCUT2D eigenvalue weighted by molar-refractivity contribution is -0.137. The maximum Gasteiger partial charge on any atom is 0.417 e. The van der Waals surface area contributed by atoms with Gasteiger partial charge in [-0.2, -0.15) is 13.2 Å². The molecule has 0 atom stereocenters. The minimum Gasteiger partial charge on any atom is -0.338 e. The van der Waals surface area contributed by atoms with Crippen molar-refractivity contribution in [2.75, 3.05) is 18.4 Å². The van der Waals surface area contributed by atoms with E-state index in [2.05, 4.69) is 25.2 Å². The third-order valence-electron chi connectivity index (χ3n) is 5.97. The second-order valence-corrected chi connectivity index (χ2v) is 8.89. The molecule has 4 aromatic rings. The van der Waals surface area contributed by atoms with Gasteiger partial charge in [-0.3, -0.25) is 14.7 Å². The largest absolute Gasteiger partial charge is 0.417 e. The molecule has 1 aliphatic heterocycles. The van der Waals surface area contributed by atoms with Gasteiger partial charge in [0.05, 0.1) is 34.2 Å². The van der Waals surface area contributed by atoms with Gasteiger partial charge in [0, 0.05) is 17.1 Å². The molecular weight excluding hydrogens is 479 g/mol. The Balaban J connectivity index is 1.40. The van der Waals surface area contributed by atoms with E-state index in [1.54, 1.807) is 30.5 Å². The number of rotatable bonds is 5. The quantitative estimate of drug-likeness (QED) is 0.345. The topological polar surface area (TPSA) is 73.9 Å². The molecule has 180 valence electrons. The van der Waals surface area contributed by atoms with Gasteiger partial charge in [0.1, 0.15) is 11.3 Å². The SMILES string of the molecule is O=C(Nc1ccc(CN2CCCC2)nc1)c1cccc2[nH]c(-c3ccc(Cl)cc3C(F)(F)F)nc12. The predicted octanol–water partition coefficient (Wildman–Crippen LogP) is 6.15. The molecule has 0 spiro atoms. The average molecular weight is 500 g/mol. The fourth-order valence-corrected chi connectivity index (χ4v) is 4.43. The molecule has 1 fully saturated rings. The highest BCUT2D eigenvalue weighted by Gasteiger charge is 2.35. The summed E-state index contributed by atoms with van der Waals surface area (Å²) in [7, 11) is 0. The highest BCUT2D eigenvalue weighted by atomic mass is 35.5. The van der Waals surface area contributed by atoms with Crippen LogP contribution in [0.4, 0.5) is 18.9 Å². The van der Waals surface area contributed by atoms with Gasteiger partial charge >= 0.3 is 6.18 Å². The van der Waals surface area contributed by atoms with Crippen molar-refractivity contribution < 1.29 is 18.0 Å². The van der Waals surface area contributed by atoms with Crippen LogP contribution in [0.2, 0.25) is 5.02 Å². The summed E-state index contributed by atoms with van der Waals surface area (Å²) in [5, 5.41) is 2.77. The van der Waals surface area contributed by atoms with Crippen LogP contribution in [0.3, 0.4) is 0 Å². The fraction of sp³-hybridized carbons (Fsp3) is 0.240. The summed E-state index contributed by atoms with van der Waals surface area (Å²) in [6.45, 7) is 2.90. The Morgan fingerprint density at radius 1 is 1.11 bits per heavy atom. The predicted molar refractivity (Wildman–Crippen MR) is 128 cm³/mol. The third-order valence-corrected chi connectivity index (χ3v) is 6.20. The van der Waals surface area contributed by atoms with Crippen molar-refractivity contribution >= 4 is 34.2 Å². The zero-order valence-corrected chi connectivity index (χ0v) is 19.2. The number of hydrogen-bond donors (Lipinski definition) is 2. The second kappa shape index (κ2) is 9.31. The first-order valence-corrected chi connectivity index (χ1v) is 11.5. The van der Waals surface area contributed by atoms with Crippen LogP contribution in [0, 0.1) is 0 Å². The number of fused-ring (bicyclic) bond motifs is 1. The molecule has 35 heavy (non-hydrogen) atoms. The van der Waals surface area contributed by atoms with Gasteiger partial charge in [0.2, 0.25) is 0 Å². The first-order chi connectivity index (χ1) is 16.8. The summed E-state index contributed by atoms with van der Waals surface area (Å²) < 4.78 is 40.8. The van der Waals surface area contributed by atoms with E-state index in [4.69, 9.17) is 11.6 Å². The first-order valence-electron chi connectivity index (χ1n) is 11.1. The molecule has 1 aliphatic rings. The minimum absolute atomic E-state index is 0.00262. The van der Waals surface area contributed by atoms with Gasteiger partial charge in [-0.15, -0.1) is 0 Å². The number of hydrogen-bond acceptors (Lipinski definition) is 4. The molecule has 2 N–H and O–H groups in total. The molecule has 0 saturated carbocycles. The molecule has 6 nitrogen and oxygen atoms in total. The number of benzene rings is 2. The number of pyridine rings is 1. The van der Waals surface area contributed by atoms with Crippen molar-refractivity contribution in [3.63, 3.8) is 0 Å². The Bertz CT molecular complexity index is 1380. The number of alkyl halides is 3. The maximum atomic E-state index is 13.6. The number of aromatic amines is 1. The molecule has 0 bridgehead atoms. The zero-order chi connectivity index (χ0) is 24.6. The number of carbonyl (C=O) groups excluding carboxylic acids is 1. The molecule has 0 aliphatic carbocycles. The lowest BCUT2D eigenvalue weighted by atomic mass is 10.1. The number of anilines is 1. The number of nitrogens with one attached hydrogen (secondary N) is 2. The summed E-state index contributed by atoms with van der Waals surface area (Å²) in [4.78, 5) is 27.0. The molecule has 1 amide bonds. The molecular formula is C25H21ClF3N5O. The summed E-state index contributed by atoms with van der Waals surface area (Å²) in [5.74, 6) is -0.438. The fourth-order valence-electron chi connectivity index (χ4n) is 4.26. The molecule has 3 heterocycles. The van der Waals surface area contributed by atoms with Gasteiger partial charge in [-0.1, -0.05) is 17.7 Å². The molecule has 10 heteroatoms. The summed E-state index contributed by atoms with van der Waals surface area (Å²) >= 11 is 5.79. The van der Waals surface area contributed by atoms with Crippen LogP contribution >= 0.6 is 11.6 Å². The van der Waals surface area contributed by atoms with Crippen molar-refractivity contribution in [1.29, 1.82) is 0 Å². The van der Waals surface area contributed by atoms with Crippen LogP contribution in [0.1, 0.15) is 34.5 Å². The van der Waals surface area contributed by atoms with Crippen molar-refractivity contribution in [1.82, 2.24) is 19.9 Å². The number of carbonyl (C=O) groups is 1. The maximum absolute atomic E-state index is 13.6. The van der Waals surface area contributed by atoms with Crippen LogP contribution in [-0.4, -0.2) is 38.8 Å². The Morgan fingerprint density at radius 3 is 2.63 bits per heavy atom. The van der Waals surface area contributed by atoms with Gasteiger partial charge < -0.3 is 10.3 Å². The van der Waals surface area contributed by atoms with Crippen LogP contribution in [0.15, 0.2) is 54.7 Å². The Labute approximate surface area is 204 Å². The minimum atomic E-state index is -4.62. The van der Waals surface area contributed by atoms with Crippen LogP contribution in [0.5, 0.6) is 0 Å². The third kappa shape index (κ3) is 5.01. The van der Waals surface area contributed by atoms with Crippen LogP contribution < -0.4 is 5.32 Å². The molecule has 1 saturated heterocycles. The number of H-pyrrole nitrogens is 1. The van der Waals surface area contributed by atoms with Crippen LogP contribution in [-0.2, 0) is 12.7 Å². The van der Waals surface area contributed by atoms with Gasteiger partial charge in [-0.25, -0.2) is 4.98 Å². The lowest BCUT2D eigenvalue weighted by Crippen LogP contribution is -2.19. The molecule has 0 radical (unpaired) electrons. The highest BCUT2D eigenvalue weighted by Crippen LogP contribution is 2.38. The average Bonchev–Trinajstić information content (AvgIpc) is 3.49. The van der Waals surface area contributed by atoms with E-state index < -0.39 is 17.6 Å². The second-order valence-electron chi connectivity index (χ2n) is 8.45. The van der Waals surface area contributed by atoms with Crippen molar-refractivity contribution in [2.45, 2.75) is 25.6 Å². The van der Waals surface area contributed by atoms with E-state index in [0.29, 0.717) is 11.2 Å². The van der Waals surface area contributed by atoms with Crippen molar-refractivity contribution in [2.24, 2.45) is 0 Å². The lowest BCUT2D eigenvalue weighted by Gasteiger charge is -2.14. The van der Waals surface area contributed by atoms with Gasteiger partial charge in [0.25, 0.3) is 5.91 Å². The number of para-hydroxylation sites is 1. The number of imidazole rings is 1. The summed E-state index contributed by atoms with van der Waals surface area (Å²) in [5.41, 5.74) is 1.32. The normalized spacial score (nSPS) is 14.5. The van der Waals surface area contributed by atoms with E-state index in [1.807, 2.05) is 6.07 Å².